The van der Waals surface area contributed by atoms with Crippen LogP contribution in [0.2, 0.25) is 0 Å². The maximum Gasteiger partial charge on any atom is 0.264 e. The Kier molecular flexibility index (Phi) is 6.34. The van der Waals surface area contributed by atoms with Crippen LogP contribution in [-0.2, 0) is 29.5 Å². The number of sulfonamides is 1. The van der Waals surface area contributed by atoms with Crippen molar-refractivity contribution in [2.24, 2.45) is 0 Å². The molecule has 0 radical (unpaired) electrons. The third-order valence-electron chi connectivity index (χ3n) is 5.58. The van der Waals surface area contributed by atoms with E-state index < -0.39 is 15.8 Å². The zero-order chi connectivity index (χ0) is 22.7. The Morgan fingerprint density at radius 3 is 2.47 bits per heavy atom. The molecule has 0 aliphatic carbocycles. The molecule has 168 valence electrons. The average Bonchev–Trinajstić information content (AvgIpc) is 2.82. The van der Waals surface area contributed by atoms with Crippen molar-refractivity contribution < 1.29 is 22.3 Å². The molecule has 0 spiro atoms. The topological polar surface area (TPSA) is 67.9 Å². The number of benzene rings is 3. The molecule has 0 amide bonds. The zero-order valence-corrected chi connectivity index (χ0v) is 18.8. The Labute approximate surface area is 187 Å². The van der Waals surface area contributed by atoms with Crippen LogP contribution in [0.5, 0.6) is 11.5 Å². The molecule has 0 aromatic heterocycles. The average molecular weight is 457 g/mol. The maximum atomic E-state index is 13.8. The molecular weight excluding hydrogens is 431 g/mol. The molecular formula is C24H25FN2O4S. The predicted molar refractivity (Wildman–Crippen MR) is 121 cm³/mol. The third kappa shape index (κ3) is 4.42. The van der Waals surface area contributed by atoms with Gasteiger partial charge >= 0.3 is 0 Å². The van der Waals surface area contributed by atoms with Crippen molar-refractivity contribution in [3.05, 3.63) is 83.2 Å². The molecule has 3 aromatic rings. The van der Waals surface area contributed by atoms with Crippen LogP contribution >= 0.6 is 0 Å². The van der Waals surface area contributed by atoms with E-state index in [9.17, 15) is 12.8 Å². The highest BCUT2D eigenvalue weighted by Gasteiger charge is 2.27. The van der Waals surface area contributed by atoms with Gasteiger partial charge in [0.15, 0.2) is 0 Å². The summed E-state index contributed by atoms with van der Waals surface area (Å²) in [5.74, 6) is 0.669. The summed E-state index contributed by atoms with van der Waals surface area (Å²) in [5.41, 5.74) is 3.14. The molecule has 1 N–H and O–H groups in total. The third-order valence-corrected chi connectivity index (χ3v) is 7.34. The fraction of sp³-hybridized carbons (Fsp3) is 0.250. The number of ether oxygens (including phenoxy) is 2. The molecule has 0 fully saturated rings. The molecule has 6 nitrogen and oxygen atoms in total. The van der Waals surface area contributed by atoms with Crippen molar-refractivity contribution in [2.75, 3.05) is 25.1 Å². The smallest absolute Gasteiger partial charge is 0.264 e. The number of nitrogens with zero attached hydrogens (tertiary/aromatic N) is 1. The summed E-state index contributed by atoms with van der Waals surface area (Å²) in [6.45, 7) is 1.54. The van der Waals surface area contributed by atoms with Crippen molar-refractivity contribution in [3.8, 4) is 11.5 Å². The van der Waals surface area contributed by atoms with Gasteiger partial charge in [-0.15, -0.1) is 0 Å². The Bertz CT molecular complexity index is 1210. The number of fused-ring (bicyclic) bond motifs is 1. The SMILES string of the molecule is COc1ccc(CN(c2ccc(F)cc2)S(=O)(=O)c2ccc3c(c2)CCNC3)c(OC)c1. The summed E-state index contributed by atoms with van der Waals surface area (Å²) in [4.78, 5) is 0.204. The van der Waals surface area contributed by atoms with E-state index in [0.29, 0.717) is 22.7 Å². The minimum Gasteiger partial charge on any atom is -0.497 e. The monoisotopic (exact) mass is 456 g/mol. The molecule has 8 heteroatoms. The van der Waals surface area contributed by atoms with Gasteiger partial charge in [0, 0.05) is 18.2 Å². The first kappa shape index (κ1) is 22.1. The minimum atomic E-state index is -3.94. The summed E-state index contributed by atoms with van der Waals surface area (Å²) in [5, 5.41) is 3.29. The van der Waals surface area contributed by atoms with Crippen LogP contribution in [0.1, 0.15) is 16.7 Å². The quantitative estimate of drug-likeness (QED) is 0.584. The second-order valence-electron chi connectivity index (χ2n) is 7.52. The fourth-order valence-electron chi connectivity index (χ4n) is 3.80. The van der Waals surface area contributed by atoms with E-state index in [1.807, 2.05) is 6.07 Å². The fourth-order valence-corrected chi connectivity index (χ4v) is 5.29. The van der Waals surface area contributed by atoms with Crippen molar-refractivity contribution >= 4 is 15.7 Å². The first-order valence-corrected chi connectivity index (χ1v) is 11.7. The summed E-state index contributed by atoms with van der Waals surface area (Å²) in [6.07, 6.45) is 0.765. The number of hydrogen-bond acceptors (Lipinski definition) is 5. The van der Waals surface area contributed by atoms with E-state index in [1.54, 1.807) is 37.4 Å². The Morgan fingerprint density at radius 1 is 0.969 bits per heavy atom. The second-order valence-corrected chi connectivity index (χ2v) is 9.39. The van der Waals surface area contributed by atoms with Gasteiger partial charge in [0.1, 0.15) is 17.3 Å². The lowest BCUT2D eigenvalue weighted by atomic mass is 10.0. The van der Waals surface area contributed by atoms with E-state index in [1.165, 1.54) is 35.7 Å². The van der Waals surface area contributed by atoms with Crippen LogP contribution < -0.4 is 19.1 Å². The summed E-state index contributed by atoms with van der Waals surface area (Å²) in [7, 11) is -0.864. The minimum absolute atomic E-state index is 0.0137. The van der Waals surface area contributed by atoms with Crippen LogP contribution in [0.3, 0.4) is 0 Å². The molecule has 4 rings (SSSR count). The molecule has 0 bridgehead atoms. The van der Waals surface area contributed by atoms with Gasteiger partial charge in [-0.25, -0.2) is 12.8 Å². The predicted octanol–water partition coefficient (Wildman–Crippen LogP) is 3.88. The lowest BCUT2D eigenvalue weighted by molar-refractivity contribution is 0.391. The maximum absolute atomic E-state index is 13.8. The molecule has 1 aliphatic heterocycles. The molecule has 0 unspecified atom stereocenters. The summed E-state index contributed by atoms with van der Waals surface area (Å²) >= 11 is 0. The number of halogens is 1. The Balaban J connectivity index is 1.78. The van der Waals surface area contributed by atoms with E-state index >= 15 is 0 Å². The zero-order valence-electron chi connectivity index (χ0n) is 18.0. The molecule has 32 heavy (non-hydrogen) atoms. The molecule has 0 atom stereocenters. The van der Waals surface area contributed by atoms with E-state index in [2.05, 4.69) is 5.32 Å². The highest BCUT2D eigenvalue weighted by molar-refractivity contribution is 7.92. The number of anilines is 1. The first-order valence-electron chi connectivity index (χ1n) is 10.2. The summed E-state index contributed by atoms with van der Waals surface area (Å²) in [6, 6.07) is 15.9. The van der Waals surface area contributed by atoms with Crippen LogP contribution in [-0.4, -0.2) is 29.2 Å². The number of methoxy groups -OCH3 is 2. The van der Waals surface area contributed by atoms with E-state index in [4.69, 9.17) is 9.47 Å². The number of hydrogen-bond donors (Lipinski definition) is 1. The van der Waals surface area contributed by atoms with Crippen molar-refractivity contribution in [3.63, 3.8) is 0 Å². The van der Waals surface area contributed by atoms with Crippen LogP contribution in [0.15, 0.2) is 65.6 Å². The Hall–Kier alpha value is -3.10. The largest absolute Gasteiger partial charge is 0.497 e. The van der Waals surface area contributed by atoms with Crippen molar-refractivity contribution in [1.82, 2.24) is 5.32 Å². The van der Waals surface area contributed by atoms with Gasteiger partial charge in [0.2, 0.25) is 0 Å². The molecule has 1 aliphatic rings. The van der Waals surface area contributed by atoms with Gasteiger partial charge in [0.05, 0.1) is 31.3 Å². The van der Waals surface area contributed by atoms with Crippen LogP contribution in [0, 0.1) is 5.82 Å². The van der Waals surface area contributed by atoms with Gasteiger partial charge in [-0.1, -0.05) is 6.07 Å². The van der Waals surface area contributed by atoms with Gasteiger partial charge in [0.25, 0.3) is 10.0 Å². The van der Waals surface area contributed by atoms with Crippen LogP contribution in [0.4, 0.5) is 10.1 Å². The lowest BCUT2D eigenvalue weighted by Gasteiger charge is -2.26. The highest BCUT2D eigenvalue weighted by atomic mass is 32.2. The standard InChI is InChI=1S/C24H25FN2O4S/c1-30-22-9-3-19(24(14-22)31-2)16-27(21-7-5-20(25)6-8-21)32(28,29)23-10-4-18-15-26-12-11-17(18)13-23/h3-10,13-14,26H,11-12,15-16H2,1-2H3. The molecule has 0 saturated heterocycles. The van der Waals surface area contributed by atoms with E-state index in [-0.39, 0.29) is 11.4 Å². The normalized spacial score (nSPS) is 13.3. The Morgan fingerprint density at radius 2 is 1.75 bits per heavy atom. The van der Waals surface area contributed by atoms with Gasteiger partial charge in [-0.3, -0.25) is 4.31 Å². The van der Waals surface area contributed by atoms with Gasteiger partial charge in [-0.05, 0) is 72.6 Å². The van der Waals surface area contributed by atoms with Gasteiger partial charge < -0.3 is 14.8 Å². The molecule has 0 saturated carbocycles. The first-order chi connectivity index (χ1) is 15.4. The molecule has 3 aromatic carbocycles. The highest BCUT2D eigenvalue weighted by Crippen LogP contribution is 2.32. The lowest BCUT2D eigenvalue weighted by Crippen LogP contribution is -2.31. The number of rotatable bonds is 7. The molecule has 1 heterocycles. The second kappa shape index (κ2) is 9.18. The summed E-state index contributed by atoms with van der Waals surface area (Å²) < 4.78 is 53.1. The van der Waals surface area contributed by atoms with E-state index in [0.717, 1.165) is 30.6 Å². The number of nitrogens with one attached hydrogen (secondary N) is 1. The van der Waals surface area contributed by atoms with Crippen molar-refractivity contribution in [2.45, 2.75) is 24.4 Å². The van der Waals surface area contributed by atoms with Crippen molar-refractivity contribution in [1.29, 1.82) is 0 Å². The van der Waals surface area contributed by atoms with Gasteiger partial charge in [-0.2, -0.15) is 0 Å². The van der Waals surface area contributed by atoms with Crippen LogP contribution in [0.25, 0.3) is 0 Å².